The van der Waals surface area contributed by atoms with E-state index in [1.54, 1.807) is 17.9 Å². The van der Waals surface area contributed by atoms with Crippen LogP contribution in [0.15, 0.2) is 42.5 Å². The topological polar surface area (TPSA) is 61.4 Å². The molecule has 1 heterocycles. The zero-order valence-corrected chi connectivity index (χ0v) is 15.4. The largest absolute Gasteiger partial charge is 0.416 e. The predicted octanol–water partition coefficient (Wildman–Crippen LogP) is 4.05. The van der Waals surface area contributed by atoms with Crippen molar-refractivity contribution in [2.45, 2.75) is 32.5 Å². The van der Waals surface area contributed by atoms with E-state index in [1.807, 2.05) is 12.1 Å². The highest BCUT2D eigenvalue weighted by Crippen LogP contribution is 2.32. The lowest BCUT2D eigenvalue weighted by atomic mass is 10.1. The summed E-state index contributed by atoms with van der Waals surface area (Å²) in [6, 6.07) is 9.31. The van der Waals surface area contributed by atoms with Crippen LogP contribution in [0.2, 0.25) is 0 Å². The van der Waals surface area contributed by atoms with E-state index >= 15 is 0 Å². The second-order valence-corrected chi connectivity index (χ2v) is 6.70. The second-order valence-electron chi connectivity index (χ2n) is 6.70. The summed E-state index contributed by atoms with van der Waals surface area (Å²) in [6.07, 6.45) is -3.74. The number of carbonyl (C=O) groups is 2. The van der Waals surface area contributed by atoms with Crippen LogP contribution in [0.4, 0.5) is 30.2 Å². The summed E-state index contributed by atoms with van der Waals surface area (Å²) in [5, 5.41) is 5.54. The van der Waals surface area contributed by atoms with Crippen LogP contribution in [0, 0.1) is 0 Å². The molecule has 2 aromatic rings. The summed E-state index contributed by atoms with van der Waals surface area (Å²) in [4.78, 5) is 25.6. The van der Waals surface area contributed by atoms with E-state index in [-0.39, 0.29) is 11.6 Å². The first-order chi connectivity index (χ1) is 13.1. The van der Waals surface area contributed by atoms with E-state index < -0.39 is 23.7 Å². The maximum absolute atomic E-state index is 12.8. The molecule has 1 aliphatic heterocycles. The van der Waals surface area contributed by atoms with Crippen molar-refractivity contribution in [1.82, 2.24) is 0 Å². The van der Waals surface area contributed by atoms with Crippen molar-refractivity contribution in [2.24, 2.45) is 0 Å². The molecule has 2 N–H and O–H groups in total. The molecule has 2 amide bonds. The lowest BCUT2D eigenvalue weighted by Crippen LogP contribution is -2.32. The number of carbonyl (C=O) groups excluding carboxylic acids is 2. The molecule has 5 nitrogen and oxygen atoms in total. The van der Waals surface area contributed by atoms with E-state index in [0.29, 0.717) is 12.2 Å². The highest BCUT2D eigenvalue weighted by atomic mass is 19.4. The van der Waals surface area contributed by atoms with Gasteiger partial charge < -0.3 is 15.5 Å². The van der Waals surface area contributed by atoms with Crippen LogP contribution in [-0.2, 0) is 22.2 Å². The van der Waals surface area contributed by atoms with Crippen LogP contribution in [0.3, 0.4) is 0 Å². The Balaban J connectivity index is 1.66. The fourth-order valence-electron chi connectivity index (χ4n) is 3.16. The molecule has 0 aromatic heterocycles. The van der Waals surface area contributed by atoms with Crippen molar-refractivity contribution in [3.8, 4) is 0 Å². The van der Waals surface area contributed by atoms with E-state index in [4.69, 9.17) is 0 Å². The van der Waals surface area contributed by atoms with Gasteiger partial charge in [0.15, 0.2) is 0 Å². The number of nitrogens with zero attached hydrogens (tertiary/aromatic N) is 1. The van der Waals surface area contributed by atoms with Crippen molar-refractivity contribution in [1.29, 1.82) is 0 Å². The number of benzene rings is 2. The monoisotopic (exact) mass is 391 g/mol. The van der Waals surface area contributed by atoms with Gasteiger partial charge in [0.25, 0.3) is 0 Å². The van der Waals surface area contributed by atoms with Gasteiger partial charge in [-0.3, -0.25) is 9.59 Å². The van der Waals surface area contributed by atoms with Crippen molar-refractivity contribution in [3.63, 3.8) is 0 Å². The number of fused-ring (bicyclic) bond motifs is 1. The van der Waals surface area contributed by atoms with Crippen molar-refractivity contribution in [2.75, 3.05) is 22.1 Å². The van der Waals surface area contributed by atoms with Gasteiger partial charge in [0, 0.05) is 30.5 Å². The normalized spacial score (nSPS) is 14.4. The average Bonchev–Trinajstić information content (AvgIpc) is 3.04. The molecule has 0 fully saturated rings. The number of hydrogen-bond acceptors (Lipinski definition) is 3. The number of anilines is 3. The summed E-state index contributed by atoms with van der Waals surface area (Å²) >= 11 is 0. The maximum Gasteiger partial charge on any atom is 0.416 e. The molecule has 8 heteroatoms. The van der Waals surface area contributed by atoms with Gasteiger partial charge in [0.2, 0.25) is 11.8 Å². The molecule has 0 saturated heterocycles. The standard InChI is InChI=1S/C20H20F3N3O2/c1-12(19(28)25-16-5-3-4-15(11-16)20(21,22)23)24-17-6-7-18-14(10-17)8-9-26(18)13(2)27/h3-7,10-12,24H,8-9H2,1-2H3,(H,25,28)/t12-/m0/s1. The Morgan fingerprint density at radius 2 is 1.86 bits per heavy atom. The van der Waals surface area contributed by atoms with Crippen molar-refractivity contribution in [3.05, 3.63) is 53.6 Å². The number of alkyl halides is 3. The lowest BCUT2D eigenvalue weighted by molar-refractivity contribution is -0.137. The Morgan fingerprint density at radius 1 is 1.11 bits per heavy atom. The molecule has 1 aliphatic rings. The number of rotatable bonds is 4. The molecule has 0 saturated carbocycles. The van der Waals surface area contributed by atoms with Crippen LogP contribution in [0.25, 0.3) is 0 Å². The van der Waals surface area contributed by atoms with Crippen LogP contribution in [0.1, 0.15) is 25.0 Å². The van der Waals surface area contributed by atoms with Gasteiger partial charge in [0.1, 0.15) is 6.04 Å². The molecule has 28 heavy (non-hydrogen) atoms. The fraction of sp³-hybridized carbons (Fsp3) is 0.300. The third kappa shape index (κ3) is 4.27. The van der Waals surface area contributed by atoms with Crippen molar-refractivity contribution >= 4 is 28.9 Å². The molecule has 1 atom stereocenters. The van der Waals surface area contributed by atoms with E-state index in [9.17, 15) is 22.8 Å². The summed E-state index contributed by atoms with van der Waals surface area (Å²) in [6.45, 7) is 3.76. The Kier molecular flexibility index (Phi) is 5.31. The fourth-order valence-corrected chi connectivity index (χ4v) is 3.16. The Labute approximate surface area is 160 Å². The molecule has 3 rings (SSSR count). The minimum absolute atomic E-state index is 0.0201. The Hall–Kier alpha value is -3.03. The average molecular weight is 391 g/mol. The Bertz CT molecular complexity index is 912. The number of nitrogens with one attached hydrogen (secondary N) is 2. The van der Waals surface area contributed by atoms with Gasteiger partial charge in [-0.1, -0.05) is 6.07 Å². The van der Waals surface area contributed by atoms with Gasteiger partial charge in [0.05, 0.1) is 5.56 Å². The van der Waals surface area contributed by atoms with E-state index in [2.05, 4.69) is 10.6 Å². The zero-order chi connectivity index (χ0) is 20.5. The third-order valence-corrected chi connectivity index (χ3v) is 4.59. The van der Waals surface area contributed by atoms with Crippen LogP contribution in [0.5, 0.6) is 0 Å². The van der Waals surface area contributed by atoms with Gasteiger partial charge in [-0.25, -0.2) is 0 Å². The minimum Gasteiger partial charge on any atom is -0.374 e. The zero-order valence-electron chi connectivity index (χ0n) is 15.4. The predicted molar refractivity (Wildman–Crippen MR) is 101 cm³/mol. The minimum atomic E-state index is -4.47. The molecule has 0 bridgehead atoms. The molecule has 148 valence electrons. The second kappa shape index (κ2) is 7.53. The SMILES string of the molecule is CC(=O)N1CCc2cc(N[C@@H](C)C(=O)Nc3cccc(C(F)(F)F)c3)ccc21. The quantitative estimate of drug-likeness (QED) is 0.827. The molecule has 0 aliphatic carbocycles. The van der Waals surface area contributed by atoms with Gasteiger partial charge >= 0.3 is 6.18 Å². The number of halogens is 3. The van der Waals surface area contributed by atoms with Crippen LogP contribution < -0.4 is 15.5 Å². The number of hydrogen-bond donors (Lipinski definition) is 2. The highest BCUT2D eigenvalue weighted by Gasteiger charge is 2.30. The van der Waals surface area contributed by atoms with Crippen LogP contribution in [-0.4, -0.2) is 24.4 Å². The summed E-state index contributed by atoms with van der Waals surface area (Å²) in [7, 11) is 0. The summed E-state index contributed by atoms with van der Waals surface area (Å²) < 4.78 is 38.4. The van der Waals surface area contributed by atoms with E-state index in [0.717, 1.165) is 29.8 Å². The summed E-state index contributed by atoms with van der Waals surface area (Å²) in [5.74, 6) is -0.474. The first-order valence-electron chi connectivity index (χ1n) is 8.81. The van der Waals surface area contributed by atoms with Gasteiger partial charge in [-0.05, 0) is 55.3 Å². The number of amides is 2. The molecule has 0 unspecified atom stereocenters. The maximum atomic E-state index is 12.8. The molecule has 0 spiro atoms. The van der Waals surface area contributed by atoms with E-state index in [1.165, 1.54) is 19.1 Å². The molecule has 2 aromatic carbocycles. The van der Waals surface area contributed by atoms with Crippen molar-refractivity contribution < 1.29 is 22.8 Å². The van der Waals surface area contributed by atoms with Gasteiger partial charge in [-0.15, -0.1) is 0 Å². The Morgan fingerprint density at radius 3 is 2.54 bits per heavy atom. The smallest absolute Gasteiger partial charge is 0.374 e. The van der Waals surface area contributed by atoms with Crippen LogP contribution >= 0.6 is 0 Å². The first-order valence-corrected chi connectivity index (χ1v) is 8.81. The molecular weight excluding hydrogens is 371 g/mol. The lowest BCUT2D eigenvalue weighted by Gasteiger charge is -2.18. The molecule has 0 radical (unpaired) electrons. The molecular formula is C20H20F3N3O2. The van der Waals surface area contributed by atoms with Gasteiger partial charge in [-0.2, -0.15) is 13.2 Å². The first kappa shape index (κ1) is 19.7. The third-order valence-electron chi connectivity index (χ3n) is 4.59. The highest BCUT2D eigenvalue weighted by molar-refractivity contribution is 5.97. The summed E-state index contributed by atoms with van der Waals surface area (Å²) in [5.41, 5.74) is 1.83.